The predicted octanol–water partition coefficient (Wildman–Crippen LogP) is 4.28. The Bertz CT molecular complexity index is 1240. The summed E-state index contributed by atoms with van der Waals surface area (Å²) in [5.74, 6) is 1.63. The molecule has 3 aromatic rings. The van der Waals surface area contributed by atoms with Crippen LogP contribution >= 0.6 is 0 Å². The number of carbonyl (C=O) groups excluding carboxylic acids is 2. The van der Waals surface area contributed by atoms with Crippen molar-refractivity contribution in [2.75, 3.05) is 18.4 Å². The Morgan fingerprint density at radius 3 is 2.66 bits per heavy atom. The molecule has 0 saturated carbocycles. The van der Waals surface area contributed by atoms with E-state index < -0.39 is 18.4 Å². The zero-order chi connectivity index (χ0) is 24.8. The van der Waals surface area contributed by atoms with E-state index in [1.807, 2.05) is 30.3 Å². The Kier molecular flexibility index (Phi) is 7.41. The summed E-state index contributed by atoms with van der Waals surface area (Å²) in [6.07, 6.45) is 8.24. The lowest BCUT2D eigenvalue weighted by Crippen LogP contribution is -2.44. The van der Waals surface area contributed by atoms with Gasteiger partial charge in [-0.2, -0.15) is 8.78 Å². The Morgan fingerprint density at radius 2 is 1.91 bits per heavy atom. The predicted molar refractivity (Wildman–Crippen MR) is 127 cm³/mol. The highest BCUT2D eigenvalue weighted by molar-refractivity contribution is 5.98. The van der Waals surface area contributed by atoms with Crippen molar-refractivity contribution < 1.29 is 23.1 Å². The number of alkyl halides is 2. The lowest BCUT2D eigenvalue weighted by Gasteiger charge is -2.32. The Morgan fingerprint density at radius 1 is 1.17 bits per heavy atom. The molecule has 0 bridgehead atoms. The molecule has 1 aliphatic heterocycles. The molecule has 1 atom stereocenters. The number of nitrogens with one attached hydrogen (secondary N) is 1. The van der Waals surface area contributed by atoms with Gasteiger partial charge in [0.2, 0.25) is 5.91 Å². The number of nitrogens with zero attached hydrogens (tertiary/aromatic N) is 3. The standard InChI is InChI=1S/C26H24F2N4O3/c1-2-14-32-17-29-22(18-9-4-3-5-10-18)23(32)30-24(33)19-11-8-15-31(16-19)25(34)20-12-6-7-13-21(20)35-26(27)28/h1,3-7,9-10,12-13,17,19,26H,8,11,14-16H2,(H,30,33). The minimum absolute atomic E-state index is 0.0346. The third-order valence-corrected chi connectivity index (χ3v) is 5.80. The van der Waals surface area contributed by atoms with E-state index in [0.29, 0.717) is 30.9 Å². The average molecular weight is 478 g/mol. The second-order valence-corrected chi connectivity index (χ2v) is 8.09. The molecule has 4 rings (SSSR count). The third-order valence-electron chi connectivity index (χ3n) is 5.80. The molecule has 1 unspecified atom stereocenters. The average Bonchev–Trinajstić information content (AvgIpc) is 3.26. The Hall–Kier alpha value is -4.19. The SMILES string of the molecule is C#CCn1cnc(-c2ccccc2)c1NC(=O)C1CCCN(C(=O)c2ccccc2OC(F)F)C1. The third kappa shape index (κ3) is 5.49. The summed E-state index contributed by atoms with van der Waals surface area (Å²) in [6, 6.07) is 15.3. The summed E-state index contributed by atoms with van der Waals surface area (Å²) >= 11 is 0. The van der Waals surface area contributed by atoms with E-state index in [4.69, 9.17) is 6.42 Å². The molecule has 1 aromatic heterocycles. The van der Waals surface area contributed by atoms with Crippen LogP contribution in [0.5, 0.6) is 5.75 Å². The molecule has 0 radical (unpaired) electrons. The number of terminal acetylenes is 1. The summed E-state index contributed by atoms with van der Waals surface area (Å²) < 4.78 is 31.7. The summed E-state index contributed by atoms with van der Waals surface area (Å²) in [7, 11) is 0. The van der Waals surface area contributed by atoms with Crippen molar-refractivity contribution >= 4 is 17.6 Å². The van der Waals surface area contributed by atoms with Gasteiger partial charge in [0.15, 0.2) is 0 Å². The first-order valence-corrected chi connectivity index (χ1v) is 11.2. The molecule has 2 amide bonds. The number of likely N-dealkylation sites (tertiary alicyclic amines) is 1. The van der Waals surface area contributed by atoms with Crippen LogP contribution < -0.4 is 10.1 Å². The van der Waals surface area contributed by atoms with E-state index in [2.05, 4.69) is 21.0 Å². The molecule has 9 heteroatoms. The van der Waals surface area contributed by atoms with Crippen LogP contribution in [-0.2, 0) is 11.3 Å². The number of para-hydroxylation sites is 1. The van der Waals surface area contributed by atoms with Crippen molar-refractivity contribution in [2.24, 2.45) is 5.92 Å². The van der Waals surface area contributed by atoms with Gasteiger partial charge in [0, 0.05) is 18.7 Å². The number of imidazole rings is 1. The van der Waals surface area contributed by atoms with Gasteiger partial charge in [-0.1, -0.05) is 48.4 Å². The number of anilines is 1. The second-order valence-electron chi connectivity index (χ2n) is 8.09. The number of carbonyl (C=O) groups is 2. The van der Waals surface area contributed by atoms with E-state index >= 15 is 0 Å². The maximum Gasteiger partial charge on any atom is 0.387 e. The number of aromatic nitrogens is 2. The Labute approximate surface area is 201 Å². The van der Waals surface area contributed by atoms with Crippen LogP contribution in [0.4, 0.5) is 14.6 Å². The summed E-state index contributed by atoms with van der Waals surface area (Å²) in [5.41, 5.74) is 1.46. The van der Waals surface area contributed by atoms with Crippen LogP contribution in [0.3, 0.4) is 0 Å². The summed E-state index contributed by atoms with van der Waals surface area (Å²) in [6.45, 7) is -2.25. The van der Waals surface area contributed by atoms with Crippen molar-refractivity contribution in [1.29, 1.82) is 0 Å². The first-order valence-electron chi connectivity index (χ1n) is 11.2. The van der Waals surface area contributed by atoms with Gasteiger partial charge in [-0.05, 0) is 25.0 Å². The minimum Gasteiger partial charge on any atom is -0.434 e. The van der Waals surface area contributed by atoms with Crippen LogP contribution in [0.1, 0.15) is 23.2 Å². The van der Waals surface area contributed by atoms with E-state index in [0.717, 1.165) is 5.56 Å². The number of benzene rings is 2. The monoisotopic (exact) mass is 478 g/mol. The quantitative estimate of drug-likeness (QED) is 0.515. The number of halogens is 2. The van der Waals surface area contributed by atoms with E-state index in [1.54, 1.807) is 17.0 Å². The smallest absolute Gasteiger partial charge is 0.387 e. The molecule has 1 saturated heterocycles. The van der Waals surface area contributed by atoms with Crippen molar-refractivity contribution in [3.05, 3.63) is 66.5 Å². The largest absolute Gasteiger partial charge is 0.434 e. The highest BCUT2D eigenvalue weighted by atomic mass is 19.3. The van der Waals surface area contributed by atoms with Gasteiger partial charge in [0.25, 0.3) is 5.91 Å². The number of amides is 2. The zero-order valence-electron chi connectivity index (χ0n) is 18.9. The fourth-order valence-corrected chi connectivity index (χ4v) is 4.15. The van der Waals surface area contributed by atoms with Crippen LogP contribution in [0.2, 0.25) is 0 Å². The molecule has 2 heterocycles. The molecular formula is C26H24F2N4O3. The molecule has 35 heavy (non-hydrogen) atoms. The fraction of sp³-hybridized carbons (Fsp3) is 0.269. The highest BCUT2D eigenvalue weighted by Crippen LogP contribution is 2.29. The van der Waals surface area contributed by atoms with Crippen molar-refractivity contribution in [3.63, 3.8) is 0 Å². The number of rotatable bonds is 7. The molecule has 7 nitrogen and oxygen atoms in total. The van der Waals surface area contributed by atoms with Crippen LogP contribution in [0.25, 0.3) is 11.3 Å². The molecular weight excluding hydrogens is 454 g/mol. The van der Waals surface area contributed by atoms with E-state index in [-0.39, 0.29) is 30.3 Å². The summed E-state index contributed by atoms with van der Waals surface area (Å²) in [4.78, 5) is 32.3. The lowest BCUT2D eigenvalue weighted by atomic mass is 9.96. The molecule has 1 aliphatic rings. The molecule has 1 fully saturated rings. The van der Waals surface area contributed by atoms with Gasteiger partial charge >= 0.3 is 6.61 Å². The van der Waals surface area contributed by atoms with E-state index in [9.17, 15) is 18.4 Å². The fourth-order valence-electron chi connectivity index (χ4n) is 4.15. The van der Waals surface area contributed by atoms with E-state index in [1.165, 1.54) is 23.1 Å². The maximum atomic E-state index is 13.3. The molecule has 180 valence electrons. The minimum atomic E-state index is -3.05. The van der Waals surface area contributed by atoms with Crippen molar-refractivity contribution in [1.82, 2.24) is 14.5 Å². The zero-order valence-corrected chi connectivity index (χ0v) is 18.9. The van der Waals surface area contributed by atoms with Gasteiger partial charge in [-0.3, -0.25) is 9.59 Å². The van der Waals surface area contributed by atoms with Crippen LogP contribution in [-0.4, -0.2) is 46.0 Å². The molecule has 2 aromatic carbocycles. The first-order chi connectivity index (χ1) is 17.0. The molecule has 0 aliphatic carbocycles. The number of hydrogen-bond acceptors (Lipinski definition) is 4. The normalized spacial score (nSPS) is 15.5. The van der Waals surface area contributed by atoms with Gasteiger partial charge in [0.05, 0.1) is 24.4 Å². The number of ether oxygens (including phenoxy) is 1. The van der Waals surface area contributed by atoms with Crippen LogP contribution in [0, 0.1) is 18.3 Å². The molecule has 1 N–H and O–H groups in total. The van der Waals surface area contributed by atoms with Crippen molar-refractivity contribution in [3.8, 4) is 29.4 Å². The van der Waals surface area contributed by atoms with Crippen LogP contribution in [0.15, 0.2) is 60.9 Å². The number of piperidine rings is 1. The van der Waals surface area contributed by atoms with Crippen molar-refractivity contribution in [2.45, 2.75) is 26.0 Å². The first kappa shape index (κ1) is 24.0. The second kappa shape index (κ2) is 10.8. The highest BCUT2D eigenvalue weighted by Gasteiger charge is 2.31. The molecule has 0 spiro atoms. The van der Waals surface area contributed by atoms with Gasteiger partial charge < -0.3 is 19.5 Å². The topological polar surface area (TPSA) is 76.5 Å². The van der Waals surface area contributed by atoms with Gasteiger partial charge in [-0.25, -0.2) is 4.98 Å². The van der Waals surface area contributed by atoms with Gasteiger partial charge in [-0.15, -0.1) is 6.42 Å². The van der Waals surface area contributed by atoms with Gasteiger partial charge in [0.1, 0.15) is 17.3 Å². The lowest BCUT2D eigenvalue weighted by molar-refractivity contribution is -0.121. The number of hydrogen-bond donors (Lipinski definition) is 1. The maximum absolute atomic E-state index is 13.3. The Balaban J connectivity index is 1.52. The summed E-state index contributed by atoms with van der Waals surface area (Å²) in [5, 5.41) is 2.95.